The number of benzene rings is 2. The molecule has 1 amide bonds. The lowest BCUT2D eigenvalue weighted by molar-refractivity contribution is 0.0977. The fourth-order valence-electron chi connectivity index (χ4n) is 2.67. The van der Waals surface area contributed by atoms with Crippen molar-refractivity contribution in [3.8, 4) is 5.75 Å². The molecule has 0 radical (unpaired) electrons. The number of carbonyl (C=O) groups is 1. The third-order valence-corrected chi connectivity index (χ3v) is 4.62. The van der Waals surface area contributed by atoms with E-state index in [1.807, 2.05) is 20.8 Å². The molecule has 0 heterocycles. The normalized spacial score (nSPS) is 10.3. The first-order chi connectivity index (χ1) is 12.3. The largest absolute Gasteiger partial charge is 0.492 e. The maximum Gasteiger partial charge on any atom is 0.257 e. The smallest absolute Gasteiger partial charge is 0.257 e. The van der Waals surface area contributed by atoms with E-state index < -0.39 is 0 Å². The van der Waals surface area contributed by atoms with Crippen LogP contribution in [0.25, 0.3) is 0 Å². The maximum absolute atomic E-state index is 12.4. The van der Waals surface area contributed by atoms with E-state index in [0.29, 0.717) is 12.2 Å². The van der Waals surface area contributed by atoms with Gasteiger partial charge in [0.2, 0.25) is 0 Å². The summed E-state index contributed by atoms with van der Waals surface area (Å²) in [5.74, 6) is 0.447. The zero-order valence-electron chi connectivity index (χ0n) is 15.4. The van der Waals surface area contributed by atoms with Crippen LogP contribution in [0.2, 0.25) is 0 Å². The average Bonchev–Trinajstić information content (AvgIpc) is 2.56. The third-order valence-electron chi connectivity index (χ3n) is 3.80. The van der Waals surface area contributed by atoms with Crippen LogP contribution in [0.3, 0.4) is 0 Å². The third kappa shape index (κ3) is 5.29. The Hall–Kier alpha value is -1.92. The predicted octanol–water partition coefficient (Wildman–Crippen LogP) is 5.29. The van der Waals surface area contributed by atoms with Crippen LogP contribution in [0.5, 0.6) is 5.75 Å². The Bertz CT molecular complexity index is 814. The van der Waals surface area contributed by atoms with Crippen LogP contribution in [0, 0.1) is 20.8 Å². The van der Waals surface area contributed by atoms with Gasteiger partial charge >= 0.3 is 0 Å². The van der Waals surface area contributed by atoms with Gasteiger partial charge < -0.3 is 10.1 Å². The Morgan fingerprint density at radius 3 is 2.38 bits per heavy atom. The summed E-state index contributed by atoms with van der Waals surface area (Å²) in [6.45, 7) is 8.75. The summed E-state index contributed by atoms with van der Waals surface area (Å²) in [5.41, 5.74) is 4.78. The highest BCUT2D eigenvalue weighted by atomic mass is 79.9. The molecule has 0 spiro atoms. The molecule has 2 aromatic rings. The number of nitrogens with one attached hydrogen (secondary N) is 2. The SMILES string of the molecule is CCCOc1ccc(C(=O)NC(=S)Nc2c(C)cc(C)cc2C)cc1Br. The minimum atomic E-state index is -0.271. The molecule has 2 aromatic carbocycles. The second-order valence-electron chi connectivity index (χ2n) is 6.18. The molecule has 2 N–H and O–H groups in total. The van der Waals surface area contributed by atoms with Gasteiger partial charge in [-0.3, -0.25) is 10.1 Å². The van der Waals surface area contributed by atoms with E-state index in [0.717, 1.165) is 33.5 Å². The van der Waals surface area contributed by atoms with Crippen LogP contribution >= 0.6 is 28.1 Å². The minimum absolute atomic E-state index is 0.271. The second-order valence-corrected chi connectivity index (χ2v) is 7.44. The number of hydrogen-bond donors (Lipinski definition) is 2. The number of hydrogen-bond acceptors (Lipinski definition) is 3. The van der Waals surface area contributed by atoms with Crippen LogP contribution in [-0.2, 0) is 0 Å². The Kier molecular flexibility index (Phi) is 7.17. The summed E-state index contributed by atoms with van der Waals surface area (Å²) >= 11 is 8.74. The van der Waals surface area contributed by atoms with E-state index in [1.165, 1.54) is 5.56 Å². The molecular formula is C20H23BrN2O2S. The standard InChI is InChI=1S/C20H23BrN2O2S/c1-5-8-25-17-7-6-15(11-16(17)21)19(24)23-20(26)22-18-13(3)9-12(2)10-14(18)4/h6-7,9-11H,5,8H2,1-4H3,(H2,22,23,24,26). The number of carbonyl (C=O) groups excluding carboxylic acids is 1. The number of ether oxygens (including phenoxy) is 1. The fourth-order valence-corrected chi connectivity index (χ4v) is 3.36. The van der Waals surface area contributed by atoms with Crippen molar-refractivity contribution in [2.45, 2.75) is 34.1 Å². The van der Waals surface area contributed by atoms with Crippen molar-refractivity contribution in [1.82, 2.24) is 5.32 Å². The lowest BCUT2D eigenvalue weighted by Crippen LogP contribution is -2.34. The molecule has 138 valence electrons. The molecule has 0 atom stereocenters. The molecule has 0 aliphatic carbocycles. The van der Waals surface area contributed by atoms with E-state index >= 15 is 0 Å². The number of amides is 1. The lowest BCUT2D eigenvalue weighted by atomic mass is 10.1. The number of thiocarbonyl (C=S) groups is 1. The Balaban J connectivity index is 2.05. The average molecular weight is 435 g/mol. The predicted molar refractivity (Wildman–Crippen MR) is 114 cm³/mol. The molecule has 0 aromatic heterocycles. The van der Waals surface area contributed by atoms with Gasteiger partial charge in [0.25, 0.3) is 5.91 Å². The van der Waals surface area contributed by atoms with Gasteiger partial charge in [-0.25, -0.2) is 0 Å². The Morgan fingerprint density at radius 2 is 1.81 bits per heavy atom. The van der Waals surface area contributed by atoms with Gasteiger partial charge in [0.1, 0.15) is 5.75 Å². The second kappa shape index (κ2) is 9.14. The van der Waals surface area contributed by atoms with Crippen molar-refractivity contribution >= 4 is 44.9 Å². The van der Waals surface area contributed by atoms with E-state index in [-0.39, 0.29) is 11.0 Å². The zero-order valence-corrected chi connectivity index (χ0v) is 17.8. The molecule has 6 heteroatoms. The van der Waals surface area contributed by atoms with Crippen molar-refractivity contribution in [3.63, 3.8) is 0 Å². The van der Waals surface area contributed by atoms with Gasteiger partial charge in [0.05, 0.1) is 11.1 Å². The summed E-state index contributed by atoms with van der Waals surface area (Å²) in [7, 11) is 0. The minimum Gasteiger partial charge on any atom is -0.492 e. The fraction of sp³-hybridized carbons (Fsp3) is 0.300. The molecule has 0 aliphatic heterocycles. The van der Waals surface area contributed by atoms with Gasteiger partial charge in [-0.2, -0.15) is 0 Å². The van der Waals surface area contributed by atoms with Crippen molar-refractivity contribution < 1.29 is 9.53 Å². The van der Waals surface area contributed by atoms with Crippen LogP contribution in [0.15, 0.2) is 34.8 Å². The molecule has 0 saturated heterocycles. The molecule has 26 heavy (non-hydrogen) atoms. The monoisotopic (exact) mass is 434 g/mol. The van der Waals surface area contributed by atoms with Gasteiger partial charge in [-0.15, -0.1) is 0 Å². The molecule has 0 aliphatic rings. The topological polar surface area (TPSA) is 50.4 Å². The van der Waals surface area contributed by atoms with Crippen molar-refractivity contribution in [3.05, 3.63) is 57.1 Å². The summed E-state index contributed by atoms with van der Waals surface area (Å²) in [4.78, 5) is 12.4. The Labute approximate surface area is 168 Å². The van der Waals surface area contributed by atoms with Crippen molar-refractivity contribution in [2.75, 3.05) is 11.9 Å². The van der Waals surface area contributed by atoms with Crippen LogP contribution in [-0.4, -0.2) is 17.6 Å². The quantitative estimate of drug-likeness (QED) is 0.627. The van der Waals surface area contributed by atoms with E-state index in [4.69, 9.17) is 17.0 Å². The summed E-state index contributed by atoms with van der Waals surface area (Å²) in [6.07, 6.45) is 0.923. The highest BCUT2D eigenvalue weighted by Gasteiger charge is 2.12. The molecule has 2 rings (SSSR count). The lowest BCUT2D eigenvalue weighted by Gasteiger charge is -2.15. The molecular weight excluding hydrogens is 412 g/mol. The summed E-state index contributed by atoms with van der Waals surface area (Å²) < 4.78 is 6.34. The van der Waals surface area contributed by atoms with Gasteiger partial charge in [0.15, 0.2) is 5.11 Å². The number of rotatable bonds is 5. The molecule has 0 bridgehead atoms. The molecule has 0 fully saturated rings. The first-order valence-electron chi connectivity index (χ1n) is 8.44. The highest BCUT2D eigenvalue weighted by Crippen LogP contribution is 2.26. The van der Waals surface area contributed by atoms with Crippen LogP contribution in [0.1, 0.15) is 40.4 Å². The summed E-state index contributed by atoms with van der Waals surface area (Å²) in [6, 6.07) is 9.37. The number of aryl methyl sites for hydroxylation is 3. The molecule has 0 unspecified atom stereocenters. The zero-order chi connectivity index (χ0) is 19.3. The first kappa shape index (κ1) is 20.4. The number of anilines is 1. The van der Waals surface area contributed by atoms with Gasteiger partial charge in [-0.05, 0) is 84.7 Å². The van der Waals surface area contributed by atoms with Crippen LogP contribution in [0.4, 0.5) is 5.69 Å². The van der Waals surface area contributed by atoms with Gasteiger partial charge in [0, 0.05) is 11.3 Å². The van der Waals surface area contributed by atoms with Crippen LogP contribution < -0.4 is 15.4 Å². The first-order valence-corrected chi connectivity index (χ1v) is 9.64. The van der Waals surface area contributed by atoms with Crippen molar-refractivity contribution in [2.24, 2.45) is 0 Å². The van der Waals surface area contributed by atoms with Gasteiger partial charge in [-0.1, -0.05) is 24.6 Å². The van der Waals surface area contributed by atoms with Crippen molar-refractivity contribution in [1.29, 1.82) is 0 Å². The maximum atomic E-state index is 12.4. The van der Waals surface area contributed by atoms with E-state index in [9.17, 15) is 4.79 Å². The highest BCUT2D eigenvalue weighted by molar-refractivity contribution is 9.10. The number of halogens is 1. The molecule has 4 nitrogen and oxygen atoms in total. The molecule has 0 saturated carbocycles. The Morgan fingerprint density at radius 1 is 1.15 bits per heavy atom. The van der Waals surface area contributed by atoms with E-state index in [1.54, 1.807) is 18.2 Å². The summed E-state index contributed by atoms with van der Waals surface area (Å²) in [5, 5.41) is 6.12. The van der Waals surface area contributed by atoms with E-state index in [2.05, 4.69) is 45.6 Å².